The Kier molecular flexibility index (Phi) is 6.23. The monoisotopic (exact) mass is 407 g/mol. The first-order chi connectivity index (χ1) is 14.6. The molecule has 158 valence electrons. The number of rotatable bonds is 8. The van der Waals surface area contributed by atoms with E-state index in [2.05, 4.69) is 38.2 Å². The summed E-state index contributed by atoms with van der Waals surface area (Å²) < 4.78 is 1.65. The SMILES string of the molecule is CCCCNc1nc(N)nc2ccn(Cc3ccc(CN4CCCC4)cn3)c(=O)c12. The predicted molar refractivity (Wildman–Crippen MR) is 119 cm³/mol. The quantitative estimate of drug-likeness (QED) is 0.553. The lowest BCUT2D eigenvalue weighted by Gasteiger charge is -2.14. The highest BCUT2D eigenvalue weighted by Crippen LogP contribution is 2.18. The molecule has 0 amide bonds. The van der Waals surface area contributed by atoms with E-state index < -0.39 is 0 Å². The van der Waals surface area contributed by atoms with Gasteiger partial charge in [-0.05, 0) is 50.0 Å². The number of nitrogen functional groups attached to an aromatic ring is 1. The summed E-state index contributed by atoms with van der Waals surface area (Å²) in [6, 6.07) is 5.91. The molecule has 8 heteroatoms. The average Bonchev–Trinajstić information content (AvgIpc) is 3.24. The molecule has 4 rings (SSSR count). The number of nitrogens with one attached hydrogen (secondary N) is 1. The summed E-state index contributed by atoms with van der Waals surface area (Å²) >= 11 is 0. The second-order valence-corrected chi connectivity index (χ2v) is 7.86. The van der Waals surface area contributed by atoms with E-state index in [9.17, 15) is 4.79 Å². The fourth-order valence-corrected chi connectivity index (χ4v) is 3.85. The zero-order valence-corrected chi connectivity index (χ0v) is 17.5. The van der Waals surface area contributed by atoms with Crippen LogP contribution in [0, 0.1) is 0 Å². The molecule has 0 aromatic carbocycles. The molecule has 0 atom stereocenters. The Morgan fingerprint density at radius 3 is 2.70 bits per heavy atom. The van der Waals surface area contributed by atoms with Gasteiger partial charge in [-0.2, -0.15) is 4.98 Å². The van der Waals surface area contributed by atoms with Gasteiger partial charge in [0.15, 0.2) is 0 Å². The van der Waals surface area contributed by atoms with Crippen LogP contribution in [-0.2, 0) is 13.1 Å². The van der Waals surface area contributed by atoms with Crippen LogP contribution in [0.15, 0.2) is 35.4 Å². The smallest absolute Gasteiger partial charge is 0.264 e. The lowest BCUT2D eigenvalue weighted by molar-refractivity contribution is 0.331. The van der Waals surface area contributed by atoms with E-state index in [-0.39, 0.29) is 11.5 Å². The van der Waals surface area contributed by atoms with Crippen molar-refractivity contribution < 1.29 is 0 Å². The molecule has 1 aliphatic rings. The van der Waals surface area contributed by atoms with Crippen LogP contribution in [0.5, 0.6) is 0 Å². The molecular formula is C22H29N7O. The molecule has 3 aromatic rings. The van der Waals surface area contributed by atoms with Crippen molar-refractivity contribution >= 4 is 22.7 Å². The van der Waals surface area contributed by atoms with Crippen molar-refractivity contribution in [2.75, 3.05) is 30.7 Å². The van der Waals surface area contributed by atoms with E-state index >= 15 is 0 Å². The highest BCUT2D eigenvalue weighted by molar-refractivity contribution is 5.89. The molecule has 0 aliphatic carbocycles. The lowest BCUT2D eigenvalue weighted by Crippen LogP contribution is -2.23. The maximum atomic E-state index is 13.2. The van der Waals surface area contributed by atoms with E-state index in [1.807, 2.05) is 18.3 Å². The molecular weight excluding hydrogens is 378 g/mol. The topological polar surface area (TPSA) is 102 Å². The first kappa shape index (κ1) is 20.3. The number of hydrogen-bond donors (Lipinski definition) is 2. The minimum absolute atomic E-state index is 0.144. The van der Waals surface area contributed by atoms with Crippen LogP contribution in [-0.4, -0.2) is 44.1 Å². The van der Waals surface area contributed by atoms with E-state index in [0.717, 1.165) is 44.7 Å². The van der Waals surface area contributed by atoms with Gasteiger partial charge in [-0.15, -0.1) is 0 Å². The minimum Gasteiger partial charge on any atom is -0.369 e. The Balaban J connectivity index is 1.56. The molecule has 3 aromatic heterocycles. The van der Waals surface area contributed by atoms with E-state index in [1.165, 1.54) is 18.4 Å². The average molecular weight is 408 g/mol. The van der Waals surface area contributed by atoms with Gasteiger partial charge in [-0.1, -0.05) is 19.4 Å². The second kappa shape index (κ2) is 9.21. The number of nitrogens with zero attached hydrogens (tertiary/aromatic N) is 5. The zero-order chi connectivity index (χ0) is 20.9. The largest absolute Gasteiger partial charge is 0.369 e. The number of hydrogen-bond acceptors (Lipinski definition) is 7. The molecule has 1 fully saturated rings. The summed E-state index contributed by atoms with van der Waals surface area (Å²) in [5.41, 5.74) is 8.29. The molecule has 4 heterocycles. The fourth-order valence-electron chi connectivity index (χ4n) is 3.85. The summed E-state index contributed by atoms with van der Waals surface area (Å²) in [6.45, 7) is 6.51. The standard InChI is InChI=1S/C22H29N7O/c1-2-3-9-24-20-19-18(26-22(23)27-20)8-12-29(21(19)30)15-17-7-6-16(13-25-17)14-28-10-4-5-11-28/h6-8,12-13H,2-5,9-11,14-15H2,1H3,(H3,23,24,26,27). The first-order valence-corrected chi connectivity index (χ1v) is 10.7. The number of fused-ring (bicyclic) bond motifs is 1. The van der Waals surface area contributed by atoms with Crippen LogP contribution in [0.4, 0.5) is 11.8 Å². The highest BCUT2D eigenvalue weighted by Gasteiger charge is 2.14. The third-order valence-corrected chi connectivity index (χ3v) is 5.49. The molecule has 30 heavy (non-hydrogen) atoms. The Bertz CT molecular complexity index is 1060. The summed E-state index contributed by atoms with van der Waals surface area (Å²) in [5, 5.41) is 3.70. The van der Waals surface area contributed by atoms with Crippen molar-refractivity contribution in [1.29, 1.82) is 0 Å². The predicted octanol–water partition coefficient (Wildman–Crippen LogP) is 2.62. The maximum Gasteiger partial charge on any atom is 0.264 e. The Labute approximate surface area is 176 Å². The molecule has 0 saturated carbocycles. The molecule has 3 N–H and O–H groups in total. The number of aromatic nitrogens is 4. The van der Waals surface area contributed by atoms with E-state index in [0.29, 0.717) is 23.3 Å². The summed E-state index contributed by atoms with van der Waals surface area (Å²) in [5.74, 6) is 0.660. The van der Waals surface area contributed by atoms with Crippen LogP contribution in [0.3, 0.4) is 0 Å². The maximum absolute atomic E-state index is 13.2. The number of pyridine rings is 2. The van der Waals surface area contributed by atoms with Crippen molar-refractivity contribution in [3.63, 3.8) is 0 Å². The van der Waals surface area contributed by atoms with Crippen molar-refractivity contribution in [3.05, 3.63) is 52.2 Å². The van der Waals surface area contributed by atoms with Gasteiger partial charge in [0.2, 0.25) is 5.95 Å². The molecule has 0 spiro atoms. The minimum atomic E-state index is -0.144. The Hall–Kier alpha value is -3.00. The van der Waals surface area contributed by atoms with Crippen molar-refractivity contribution in [1.82, 2.24) is 24.4 Å². The second-order valence-electron chi connectivity index (χ2n) is 7.86. The Morgan fingerprint density at radius 1 is 1.13 bits per heavy atom. The van der Waals surface area contributed by atoms with Gasteiger partial charge in [0.05, 0.1) is 17.8 Å². The summed E-state index contributed by atoms with van der Waals surface area (Å²) in [7, 11) is 0. The van der Waals surface area contributed by atoms with Crippen molar-refractivity contribution in [2.45, 2.75) is 45.7 Å². The van der Waals surface area contributed by atoms with Gasteiger partial charge >= 0.3 is 0 Å². The Morgan fingerprint density at radius 2 is 1.97 bits per heavy atom. The number of anilines is 2. The van der Waals surface area contributed by atoms with Gasteiger partial charge in [0.25, 0.3) is 5.56 Å². The van der Waals surface area contributed by atoms with Gasteiger partial charge in [-0.3, -0.25) is 14.7 Å². The number of nitrogens with two attached hydrogens (primary N) is 1. The molecule has 0 radical (unpaired) electrons. The van der Waals surface area contributed by atoms with Crippen LogP contribution in [0.25, 0.3) is 10.9 Å². The molecule has 0 unspecified atom stereocenters. The third-order valence-electron chi connectivity index (χ3n) is 5.49. The summed E-state index contributed by atoms with van der Waals surface area (Å²) in [4.78, 5) is 28.7. The normalized spacial score (nSPS) is 14.4. The van der Waals surface area contributed by atoms with Gasteiger partial charge in [0.1, 0.15) is 11.2 Å². The fraction of sp³-hybridized carbons (Fsp3) is 0.455. The van der Waals surface area contributed by atoms with Crippen LogP contribution in [0.2, 0.25) is 0 Å². The van der Waals surface area contributed by atoms with Crippen LogP contribution < -0.4 is 16.6 Å². The highest BCUT2D eigenvalue weighted by atomic mass is 16.1. The molecule has 1 saturated heterocycles. The van der Waals surface area contributed by atoms with Gasteiger partial charge in [-0.25, -0.2) is 4.98 Å². The number of likely N-dealkylation sites (tertiary alicyclic amines) is 1. The summed E-state index contributed by atoms with van der Waals surface area (Å²) in [6.07, 6.45) is 8.26. The van der Waals surface area contributed by atoms with E-state index in [1.54, 1.807) is 10.8 Å². The van der Waals surface area contributed by atoms with Crippen molar-refractivity contribution in [2.24, 2.45) is 0 Å². The first-order valence-electron chi connectivity index (χ1n) is 10.7. The van der Waals surface area contributed by atoms with Gasteiger partial charge < -0.3 is 15.6 Å². The van der Waals surface area contributed by atoms with Crippen molar-refractivity contribution in [3.8, 4) is 0 Å². The van der Waals surface area contributed by atoms with Crippen LogP contribution >= 0.6 is 0 Å². The number of unbranched alkanes of at least 4 members (excludes halogenated alkanes) is 1. The van der Waals surface area contributed by atoms with Gasteiger partial charge in [0, 0.05) is 25.5 Å². The van der Waals surface area contributed by atoms with E-state index in [4.69, 9.17) is 5.73 Å². The zero-order valence-electron chi connectivity index (χ0n) is 17.5. The molecule has 0 bridgehead atoms. The van der Waals surface area contributed by atoms with Crippen LogP contribution in [0.1, 0.15) is 43.9 Å². The lowest BCUT2D eigenvalue weighted by atomic mass is 10.2. The molecule has 1 aliphatic heterocycles. The third kappa shape index (κ3) is 4.59. The molecule has 8 nitrogen and oxygen atoms in total.